The topological polar surface area (TPSA) is 86.0 Å². The molecule has 0 amide bonds. The summed E-state index contributed by atoms with van der Waals surface area (Å²) >= 11 is 0. The molecule has 0 unspecified atom stereocenters. The molecule has 2 aromatic heterocycles. The Kier molecular flexibility index (Phi) is 4.05. The number of benzene rings is 1. The van der Waals surface area contributed by atoms with Gasteiger partial charge >= 0.3 is 0 Å². The van der Waals surface area contributed by atoms with E-state index in [1.807, 2.05) is 50.2 Å². The SMILES string of the molecule is Cc1ccc(Oc2ncnc(Nc3ncccc3C)c2N)cc1. The molecule has 0 spiro atoms. The third-order valence-corrected chi connectivity index (χ3v) is 3.33. The summed E-state index contributed by atoms with van der Waals surface area (Å²) in [5.41, 5.74) is 8.60. The van der Waals surface area contributed by atoms with Crippen LogP contribution in [0, 0.1) is 13.8 Å². The van der Waals surface area contributed by atoms with E-state index in [1.165, 1.54) is 6.33 Å². The van der Waals surface area contributed by atoms with Crippen molar-refractivity contribution in [3.8, 4) is 11.6 Å². The Morgan fingerprint density at radius 2 is 1.74 bits per heavy atom. The molecule has 3 rings (SSSR count). The number of aromatic nitrogens is 3. The molecule has 0 saturated carbocycles. The van der Waals surface area contributed by atoms with Crippen LogP contribution in [0.1, 0.15) is 11.1 Å². The monoisotopic (exact) mass is 307 g/mol. The molecule has 0 fully saturated rings. The molecule has 23 heavy (non-hydrogen) atoms. The summed E-state index contributed by atoms with van der Waals surface area (Å²) in [5, 5.41) is 3.11. The molecule has 3 aromatic rings. The lowest BCUT2D eigenvalue weighted by Crippen LogP contribution is -2.04. The lowest BCUT2D eigenvalue weighted by Gasteiger charge is -2.12. The molecule has 3 N–H and O–H groups in total. The zero-order valence-electron chi connectivity index (χ0n) is 12.9. The minimum Gasteiger partial charge on any atom is -0.437 e. The minimum atomic E-state index is 0.305. The molecular weight excluding hydrogens is 290 g/mol. The van der Waals surface area contributed by atoms with Crippen LogP contribution < -0.4 is 15.8 Å². The maximum absolute atomic E-state index is 6.12. The van der Waals surface area contributed by atoms with Gasteiger partial charge in [-0.25, -0.2) is 9.97 Å². The summed E-state index contributed by atoms with van der Waals surface area (Å²) in [4.78, 5) is 12.5. The van der Waals surface area contributed by atoms with Crippen molar-refractivity contribution in [3.05, 3.63) is 60.0 Å². The summed E-state index contributed by atoms with van der Waals surface area (Å²) < 4.78 is 5.74. The molecule has 0 radical (unpaired) electrons. The highest BCUT2D eigenvalue weighted by molar-refractivity contribution is 5.72. The summed E-state index contributed by atoms with van der Waals surface area (Å²) in [6.07, 6.45) is 3.11. The van der Waals surface area contributed by atoms with Crippen molar-refractivity contribution in [1.82, 2.24) is 15.0 Å². The molecule has 6 heteroatoms. The Labute approximate surface area is 134 Å². The predicted molar refractivity (Wildman–Crippen MR) is 90.0 cm³/mol. The van der Waals surface area contributed by atoms with Gasteiger partial charge in [0.25, 0.3) is 0 Å². The quantitative estimate of drug-likeness (QED) is 0.766. The highest BCUT2D eigenvalue weighted by Crippen LogP contribution is 2.31. The number of anilines is 3. The molecule has 0 aliphatic carbocycles. The maximum Gasteiger partial charge on any atom is 0.248 e. The normalized spacial score (nSPS) is 10.3. The molecule has 0 aliphatic heterocycles. The zero-order chi connectivity index (χ0) is 16.2. The van der Waals surface area contributed by atoms with Gasteiger partial charge in [-0.15, -0.1) is 0 Å². The molecular formula is C17H17N5O. The van der Waals surface area contributed by atoms with Crippen molar-refractivity contribution in [2.24, 2.45) is 0 Å². The second-order valence-corrected chi connectivity index (χ2v) is 5.15. The van der Waals surface area contributed by atoms with Crippen LogP contribution in [0.15, 0.2) is 48.9 Å². The first-order valence-corrected chi connectivity index (χ1v) is 7.17. The number of nitrogens with two attached hydrogens (primary N) is 1. The average molecular weight is 307 g/mol. The number of nitrogens with one attached hydrogen (secondary N) is 1. The second-order valence-electron chi connectivity index (χ2n) is 5.15. The number of nitrogen functional groups attached to an aromatic ring is 1. The van der Waals surface area contributed by atoms with E-state index >= 15 is 0 Å². The van der Waals surface area contributed by atoms with Crippen LogP contribution in [0.2, 0.25) is 0 Å². The van der Waals surface area contributed by atoms with Crippen molar-refractivity contribution in [1.29, 1.82) is 0 Å². The van der Waals surface area contributed by atoms with Crippen LogP contribution in [-0.4, -0.2) is 15.0 Å². The van der Waals surface area contributed by atoms with Crippen LogP contribution in [0.25, 0.3) is 0 Å². The molecule has 0 bridgehead atoms. The molecule has 0 saturated heterocycles. The first-order valence-electron chi connectivity index (χ1n) is 7.17. The lowest BCUT2D eigenvalue weighted by molar-refractivity contribution is 0.464. The number of nitrogens with zero attached hydrogens (tertiary/aromatic N) is 3. The van der Waals surface area contributed by atoms with E-state index in [4.69, 9.17) is 10.5 Å². The minimum absolute atomic E-state index is 0.305. The van der Waals surface area contributed by atoms with Gasteiger partial charge in [0.2, 0.25) is 5.88 Å². The highest BCUT2D eigenvalue weighted by atomic mass is 16.5. The van der Waals surface area contributed by atoms with Gasteiger partial charge in [0.1, 0.15) is 23.6 Å². The van der Waals surface area contributed by atoms with Gasteiger partial charge in [-0.05, 0) is 37.6 Å². The number of pyridine rings is 1. The number of aryl methyl sites for hydroxylation is 2. The molecule has 116 valence electrons. The van der Waals surface area contributed by atoms with Crippen molar-refractivity contribution >= 4 is 17.3 Å². The Hall–Kier alpha value is -3.15. The number of hydrogen-bond donors (Lipinski definition) is 2. The lowest BCUT2D eigenvalue weighted by atomic mass is 10.2. The van der Waals surface area contributed by atoms with E-state index in [9.17, 15) is 0 Å². The number of rotatable bonds is 4. The van der Waals surface area contributed by atoms with E-state index in [2.05, 4.69) is 20.3 Å². The summed E-state index contributed by atoms with van der Waals surface area (Å²) in [5.74, 6) is 2.13. The molecule has 2 heterocycles. The Morgan fingerprint density at radius 3 is 2.48 bits per heavy atom. The fourth-order valence-electron chi connectivity index (χ4n) is 2.01. The summed E-state index contributed by atoms with van der Waals surface area (Å²) in [7, 11) is 0. The fourth-order valence-corrected chi connectivity index (χ4v) is 2.01. The van der Waals surface area contributed by atoms with Gasteiger partial charge < -0.3 is 15.8 Å². The van der Waals surface area contributed by atoms with E-state index < -0.39 is 0 Å². The first kappa shape index (κ1) is 14.8. The van der Waals surface area contributed by atoms with E-state index in [0.717, 1.165) is 11.1 Å². The standard InChI is InChI=1S/C17H17N5O/c1-11-5-7-13(8-6-11)23-17-14(18)16(20-10-21-17)22-15-12(2)4-3-9-19-15/h3-10H,18H2,1-2H3,(H,19,20,21,22). The van der Waals surface area contributed by atoms with Crippen molar-refractivity contribution in [2.45, 2.75) is 13.8 Å². The number of hydrogen-bond acceptors (Lipinski definition) is 6. The van der Waals surface area contributed by atoms with E-state index in [1.54, 1.807) is 6.20 Å². The number of ether oxygens (including phenoxy) is 1. The van der Waals surface area contributed by atoms with Crippen molar-refractivity contribution in [3.63, 3.8) is 0 Å². The fraction of sp³-hybridized carbons (Fsp3) is 0.118. The molecule has 6 nitrogen and oxygen atoms in total. The largest absolute Gasteiger partial charge is 0.437 e. The van der Waals surface area contributed by atoms with Crippen LogP contribution in [-0.2, 0) is 0 Å². The zero-order valence-corrected chi connectivity index (χ0v) is 12.9. The van der Waals surface area contributed by atoms with Crippen molar-refractivity contribution in [2.75, 3.05) is 11.1 Å². The average Bonchev–Trinajstić information content (AvgIpc) is 2.55. The third-order valence-electron chi connectivity index (χ3n) is 3.33. The third kappa shape index (κ3) is 3.37. The van der Waals surface area contributed by atoms with Gasteiger partial charge in [0, 0.05) is 6.20 Å². The van der Waals surface area contributed by atoms with E-state index in [-0.39, 0.29) is 0 Å². The van der Waals surface area contributed by atoms with Gasteiger partial charge in [-0.2, -0.15) is 4.98 Å². The highest BCUT2D eigenvalue weighted by Gasteiger charge is 2.11. The second kappa shape index (κ2) is 6.31. The van der Waals surface area contributed by atoms with Gasteiger partial charge in [0.05, 0.1) is 0 Å². The predicted octanol–water partition coefficient (Wildman–Crippen LogP) is 3.61. The van der Waals surface area contributed by atoms with Crippen LogP contribution in [0.3, 0.4) is 0 Å². The Bertz CT molecular complexity index is 817. The molecule has 0 atom stereocenters. The van der Waals surface area contributed by atoms with Crippen molar-refractivity contribution < 1.29 is 4.74 Å². The Balaban J connectivity index is 1.86. The summed E-state index contributed by atoms with van der Waals surface area (Å²) in [6, 6.07) is 11.5. The summed E-state index contributed by atoms with van der Waals surface area (Å²) in [6.45, 7) is 3.97. The van der Waals surface area contributed by atoms with Gasteiger partial charge in [-0.3, -0.25) is 0 Å². The first-order chi connectivity index (χ1) is 11.1. The van der Waals surface area contributed by atoms with Crippen LogP contribution in [0.5, 0.6) is 11.6 Å². The van der Waals surface area contributed by atoms with E-state index in [0.29, 0.717) is 29.0 Å². The van der Waals surface area contributed by atoms with Crippen LogP contribution >= 0.6 is 0 Å². The van der Waals surface area contributed by atoms with Gasteiger partial charge in [0.15, 0.2) is 5.82 Å². The van der Waals surface area contributed by atoms with Crippen LogP contribution in [0.4, 0.5) is 17.3 Å². The Morgan fingerprint density at radius 1 is 0.957 bits per heavy atom. The smallest absolute Gasteiger partial charge is 0.248 e. The molecule has 0 aliphatic rings. The van der Waals surface area contributed by atoms with Gasteiger partial charge in [-0.1, -0.05) is 23.8 Å². The molecule has 1 aromatic carbocycles. The maximum atomic E-state index is 6.12.